The molecule has 0 bridgehead atoms. The number of aryl methyl sites for hydroxylation is 1. The summed E-state index contributed by atoms with van der Waals surface area (Å²) in [6.07, 6.45) is 4.26. The summed E-state index contributed by atoms with van der Waals surface area (Å²) in [6, 6.07) is 12.1. The molecule has 0 unspecified atom stereocenters. The van der Waals surface area contributed by atoms with Gasteiger partial charge in [0, 0.05) is 0 Å². The Morgan fingerprint density at radius 3 is 2.25 bits per heavy atom. The van der Waals surface area contributed by atoms with Crippen LogP contribution in [0.25, 0.3) is 6.08 Å². The molecule has 0 saturated carbocycles. The van der Waals surface area contributed by atoms with Gasteiger partial charge < -0.3 is 0 Å². The summed E-state index contributed by atoms with van der Waals surface area (Å²) in [5, 5.41) is 17.6. The van der Waals surface area contributed by atoms with E-state index in [1.807, 2.05) is 55.5 Å². The van der Waals surface area contributed by atoms with Gasteiger partial charge in [-0.1, -0.05) is 42.0 Å². The first kappa shape index (κ1) is 12.0. The number of allylic oxidation sites excluding steroid dienone is 1. The molecule has 2 nitrogen and oxygen atoms in total. The van der Waals surface area contributed by atoms with E-state index in [0.717, 1.165) is 5.56 Å². The van der Waals surface area contributed by atoms with Crippen LogP contribution in [0.3, 0.4) is 0 Å². The Morgan fingerprint density at radius 1 is 1.19 bits per heavy atom. The van der Waals surface area contributed by atoms with E-state index in [2.05, 4.69) is 0 Å². The molecule has 0 radical (unpaired) electrons. The van der Waals surface area contributed by atoms with Gasteiger partial charge in [0.05, 0.1) is 12.1 Å². The quantitative estimate of drug-likeness (QED) is 0.767. The minimum absolute atomic E-state index is 0.452. The monoisotopic (exact) mass is 210 g/mol. The lowest BCUT2D eigenvalue weighted by atomic mass is 9.90. The second kappa shape index (κ2) is 5.14. The molecule has 0 saturated heterocycles. The maximum absolute atomic E-state index is 8.81. The molecule has 0 heterocycles. The van der Waals surface area contributed by atoms with E-state index in [1.165, 1.54) is 5.56 Å². The van der Waals surface area contributed by atoms with E-state index in [9.17, 15) is 0 Å². The van der Waals surface area contributed by atoms with Crippen molar-refractivity contribution in [3.8, 4) is 12.1 Å². The van der Waals surface area contributed by atoms with E-state index in [4.69, 9.17) is 10.5 Å². The number of benzene rings is 1. The Balaban J connectivity index is 2.67. The zero-order valence-corrected chi connectivity index (χ0v) is 9.57. The first-order valence-corrected chi connectivity index (χ1v) is 5.15. The third-order valence-electron chi connectivity index (χ3n) is 2.41. The summed E-state index contributed by atoms with van der Waals surface area (Å²) in [5.41, 5.74) is 1.39. The van der Waals surface area contributed by atoms with Crippen LogP contribution >= 0.6 is 0 Å². The van der Waals surface area contributed by atoms with Crippen molar-refractivity contribution in [3.05, 3.63) is 41.5 Å². The molecule has 0 amide bonds. The van der Waals surface area contributed by atoms with Crippen LogP contribution in [-0.4, -0.2) is 0 Å². The number of rotatable bonds is 3. The maximum Gasteiger partial charge on any atom is 0.144 e. The molecule has 1 aromatic carbocycles. The average molecular weight is 210 g/mol. The Kier molecular flexibility index (Phi) is 3.86. The third-order valence-corrected chi connectivity index (χ3v) is 2.41. The van der Waals surface area contributed by atoms with Crippen molar-refractivity contribution >= 4 is 6.08 Å². The van der Waals surface area contributed by atoms with Gasteiger partial charge in [-0.3, -0.25) is 0 Å². The zero-order chi connectivity index (χ0) is 12.0. The normalized spacial score (nSPS) is 11.0. The first-order valence-electron chi connectivity index (χ1n) is 5.15. The van der Waals surface area contributed by atoms with Crippen molar-refractivity contribution in [2.24, 2.45) is 5.41 Å². The molecule has 1 aromatic rings. The highest BCUT2D eigenvalue weighted by molar-refractivity contribution is 5.49. The fourth-order valence-corrected chi connectivity index (χ4v) is 1.22. The van der Waals surface area contributed by atoms with Crippen LogP contribution in [0.2, 0.25) is 0 Å². The minimum Gasteiger partial charge on any atom is -0.197 e. The molecule has 0 N–H and O–H groups in total. The predicted molar refractivity (Wildman–Crippen MR) is 64.2 cm³/mol. The fraction of sp³-hybridized carbons (Fsp3) is 0.286. The predicted octanol–water partition coefficient (Wildman–Crippen LogP) is 3.45. The fourth-order valence-electron chi connectivity index (χ4n) is 1.22. The van der Waals surface area contributed by atoms with E-state index < -0.39 is 5.41 Å². The van der Waals surface area contributed by atoms with Crippen molar-refractivity contribution in [3.63, 3.8) is 0 Å². The molecule has 0 atom stereocenters. The summed E-state index contributed by atoms with van der Waals surface area (Å²) in [4.78, 5) is 0. The van der Waals surface area contributed by atoms with E-state index in [-0.39, 0.29) is 0 Å². The molecule has 0 aliphatic carbocycles. The molecule has 0 aromatic heterocycles. The van der Waals surface area contributed by atoms with Gasteiger partial charge in [0.25, 0.3) is 0 Å². The van der Waals surface area contributed by atoms with Crippen molar-refractivity contribution in [2.75, 3.05) is 0 Å². The summed E-state index contributed by atoms with van der Waals surface area (Å²) >= 11 is 0. The second-order valence-electron chi connectivity index (χ2n) is 4.07. The zero-order valence-electron chi connectivity index (χ0n) is 9.57. The van der Waals surface area contributed by atoms with Crippen LogP contribution < -0.4 is 0 Å². The smallest absolute Gasteiger partial charge is 0.144 e. The molecule has 16 heavy (non-hydrogen) atoms. The highest BCUT2D eigenvalue weighted by Gasteiger charge is 2.20. The van der Waals surface area contributed by atoms with Gasteiger partial charge in [0.2, 0.25) is 0 Å². The van der Waals surface area contributed by atoms with Crippen molar-refractivity contribution < 1.29 is 0 Å². The standard InChI is InChI=1S/C14H14N2/c1-12-5-7-13(8-6-12)4-3-9-14(2,10-15)11-16/h3-8H,9H2,1-2H3/b4-3+. The van der Waals surface area contributed by atoms with E-state index >= 15 is 0 Å². The van der Waals surface area contributed by atoms with Gasteiger partial charge in [-0.2, -0.15) is 10.5 Å². The highest BCUT2D eigenvalue weighted by atomic mass is 14.4. The van der Waals surface area contributed by atoms with Crippen LogP contribution in [0.4, 0.5) is 0 Å². The van der Waals surface area contributed by atoms with Crippen LogP contribution in [0.15, 0.2) is 30.3 Å². The average Bonchev–Trinajstić information content (AvgIpc) is 2.31. The Hall–Kier alpha value is -2.06. The van der Waals surface area contributed by atoms with Gasteiger partial charge in [-0.25, -0.2) is 0 Å². The summed E-state index contributed by atoms with van der Waals surface area (Å²) in [7, 11) is 0. The van der Waals surface area contributed by atoms with Crippen LogP contribution in [0.5, 0.6) is 0 Å². The molecule has 0 spiro atoms. The van der Waals surface area contributed by atoms with Crippen LogP contribution in [0.1, 0.15) is 24.5 Å². The Labute approximate surface area is 96.4 Å². The lowest BCUT2D eigenvalue weighted by Gasteiger charge is -2.07. The lowest BCUT2D eigenvalue weighted by Crippen LogP contribution is -2.08. The van der Waals surface area contributed by atoms with Gasteiger partial charge >= 0.3 is 0 Å². The van der Waals surface area contributed by atoms with Crippen molar-refractivity contribution in [1.29, 1.82) is 10.5 Å². The van der Waals surface area contributed by atoms with Gasteiger partial charge in [-0.05, 0) is 25.8 Å². The van der Waals surface area contributed by atoms with Gasteiger partial charge in [-0.15, -0.1) is 0 Å². The third kappa shape index (κ3) is 3.26. The SMILES string of the molecule is Cc1ccc(/C=C/CC(C)(C#N)C#N)cc1. The summed E-state index contributed by atoms with van der Waals surface area (Å²) in [6.45, 7) is 3.68. The second-order valence-corrected chi connectivity index (χ2v) is 4.07. The first-order chi connectivity index (χ1) is 7.59. The lowest BCUT2D eigenvalue weighted by molar-refractivity contribution is 0.596. The largest absolute Gasteiger partial charge is 0.197 e. The number of hydrogen-bond acceptors (Lipinski definition) is 2. The minimum atomic E-state index is -0.915. The van der Waals surface area contributed by atoms with E-state index in [1.54, 1.807) is 6.92 Å². The summed E-state index contributed by atoms with van der Waals surface area (Å²) in [5.74, 6) is 0. The molecule has 0 aliphatic heterocycles. The molecular weight excluding hydrogens is 196 g/mol. The molecule has 2 heteroatoms. The van der Waals surface area contributed by atoms with Crippen LogP contribution in [0, 0.1) is 35.0 Å². The number of hydrogen-bond donors (Lipinski definition) is 0. The topological polar surface area (TPSA) is 47.6 Å². The number of nitrogens with zero attached hydrogens (tertiary/aromatic N) is 2. The van der Waals surface area contributed by atoms with Crippen molar-refractivity contribution in [2.45, 2.75) is 20.3 Å². The Bertz CT molecular complexity index is 441. The molecule has 0 aliphatic rings. The molecule has 80 valence electrons. The molecule has 1 rings (SSSR count). The van der Waals surface area contributed by atoms with E-state index in [0.29, 0.717) is 6.42 Å². The van der Waals surface area contributed by atoms with Crippen molar-refractivity contribution in [1.82, 2.24) is 0 Å². The Morgan fingerprint density at radius 2 is 1.75 bits per heavy atom. The van der Waals surface area contributed by atoms with Crippen LogP contribution in [-0.2, 0) is 0 Å². The highest BCUT2D eigenvalue weighted by Crippen LogP contribution is 2.19. The van der Waals surface area contributed by atoms with Gasteiger partial charge in [0.15, 0.2) is 0 Å². The molecule has 0 fully saturated rings. The molecular formula is C14H14N2. The number of nitriles is 2. The summed E-state index contributed by atoms with van der Waals surface area (Å²) < 4.78 is 0. The van der Waals surface area contributed by atoms with Gasteiger partial charge in [0.1, 0.15) is 5.41 Å². The maximum atomic E-state index is 8.81.